The summed E-state index contributed by atoms with van der Waals surface area (Å²) >= 11 is 6.74. The van der Waals surface area contributed by atoms with E-state index in [1.54, 1.807) is 32.2 Å². The number of rotatable bonds is 3. The molecule has 0 heterocycles. The van der Waals surface area contributed by atoms with E-state index in [0.29, 0.717) is 11.3 Å². The first kappa shape index (κ1) is 15.4. The fourth-order valence-corrected chi connectivity index (χ4v) is 3.18. The molecule has 0 aliphatic heterocycles. The van der Waals surface area contributed by atoms with Gasteiger partial charge in [0.05, 0.1) is 16.4 Å². The lowest BCUT2D eigenvalue weighted by Crippen LogP contribution is -2.03. The monoisotopic (exact) mass is 404 g/mol. The number of benzene rings is 2. The number of ether oxygens (including phenoxy) is 1. The van der Waals surface area contributed by atoms with Crippen LogP contribution in [0.25, 0.3) is 0 Å². The van der Waals surface area contributed by atoms with Crippen molar-refractivity contribution in [2.45, 2.75) is 11.8 Å². The predicted molar refractivity (Wildman–Crippen MR) is 82.6 cm³/mol. The SMILES string of the molecule is COc1ccc(C(Br)c2c(F)ccc(C)c2F)cc1Br. The number of halogens is 4. The second-order valence-corrected chi connectivity index (χ2v) is 6.12. The second-order valence-electron chi connectivity index (χ2n) is 4.35. The van der Waals surface area contributed by atoms with Crippen molar-refractivity contribution in [2.24, 2.45) is 0 Å². The molecular formula is C15H12Br2F2O. The van der Waals surface area contributed by atoms with Crippen molar-refractivity contribution in [3.05, 3.63) is 63.1 Å². The van der Waals surface area contributed by atoms with Gasteiger partial charge in [0, 0.05) is 5.56 Å². The van der Waals surface area contributed by atoms with E-state index < -0.39 is 16.5 Å². The van der Waals surface area contributed by atoms with Crippen LogP contribution in [-0.2, 0) is 0 Å². The molecule has 0 N–H and O–H groups in total. The second kappa shape index (κ2) is 6.22. The zero-order valence-corrected chi connectivity index (χ0v) is 14.1. The lowest BCUT2D eigenvalue weighted by molar-refractivity contribution is 0.412. The maximum absolute atomic E-state index is 14.1. The highest BCUT2D eigenvalue weighted by atomic mass is 79.9. The Hall–Kier alpha value is -0.940. The lowest BCUT2D eigenvalue weighted by atomic mass is 10.0. The molecule has 20 heavy (non-hydrogen) atoms. The van der Waals surface area contributed by atoms with E-state index in [1.807, 2.05) is 0 Å². The normalized spacial score (nSPS) is 12.3. The number of hydrogen-bond donors (Lipinski definition) is 0. The van der Waals surface area contributed by atoms with Gasteiger partial charge in [-0.3, -0.25) is 0 Å². The van der Waals surface area contributed by atoms with Gasteiger partial charge in [-0.25, -0.2) is 8.78 Å². The first-order valence-electron chi connectivity index (χ1n) is 5.87. The van der Waals surface area contributed by atoms with Crippen molar-refractivity contribution in [2.75, 3.05) is 7.11 Å². The zero-order chi connectivity index (χ0) is 14.9. The zero-order valence-electron chi connectivity index (χ0n) is 10.9. The van der Waals surface area contributed by atoms with E-state index in [1.165, 1.54) is 12.1 Å². The van der Waals surface area contributed by atoms with Gasteiger partial charge in [-0.15, -0.1) is 0 Å². The maximum atomic E-state index is 14.1. The van der Waals surface area contributed by atoms with Crippen molar-refractivity contribution >= 4 is 31.9 Å². The van der Waals surface area contributed by atoms with Crippen LogP contribution < -0.4 is 4.74 Å². The topological polar surface area (TPSA) is 9.23 Å². The molecule has 0 radical (unpaired) electrons. The molecule has 2 aromatic carbocycles. The minimum Gasteiger partial charge on any atom is -0.496 e. The van der Waals surface area contributed by atoms with Gasteiger partial charge in [0.25, 0.3) is 0 Å². The Morgan fingerprint density at radius 1 is 1.15 bits per heavy atom. The van der Waals surface area contributed by atoms with Crippen molar-refractivity contribution < 1.29 is 13.5 Å². The molecule has 0 amide bonds. The third kappa shape index (κ3) is 2.88. The summed E-state index contributed by atoms with van der Waals surface area (Å²) in [4.78, 5) is -0.565. The molecule has 0 saturated heterocycles. The van der Waals surface area contributed by atoms with Crippen LogP contribution >= 0.6 is 31.9 Å². The molecule has 0 aliphatic carbocycles. The van der Waals surface area contributed by atoms with Crippen LogP contribution in [0.2, 0.25) is 0 Å². The first-order valence-corrected chi connectivity index (χ1v) is 7.58. The van der Waals surface area contributed by atoms with Crippen LogP contribution in [0.1, 0.15) is 21.5 Å². The van der Waals surface area contributed by atoms with Gasteiger partial charge < -0.3 is 4.74 Å². The van der Waals surface area contributed by atoms with Crippen molar-refractivity contribution in [3.8, 4) is 5.75 Å². The van der Waals surface area contributed by atoms with Crippen LogP contribution in [0.3, 0.4) is 0 Å². The third-order valence-corrected chi connectivity index (χ3v) is 4.65. The number of alkyl halides is 1. The van der Waals surface area contributed by atoms with Crippen molar-refractivity contribution in [3.63, 3.8) is 0 Å². The van der Waals surface area contributed by atoms with Gasteiger partial charge in [-0.2, -0.15) is 0 Å². The van der Waals surface area contributed by atoms with E-state index in [-0.39, 0.29) is 5.56 Å². The highest BCUT2D eigenvalue weighted by Gasteiger charge is 2.21. The summed E-state index contributed by atoms with van der Waals surface area (Å²) in [6, 6.07) is 8.00. The van der Waals surface area contributed by atoms with Crippen LogP contribution in [0.5, 0.6) is 5.75 Å². The highest BCUT2D eigenvalue weighted by molar-refractivity contribution is 9.10. The third-order valence-electron chi connectivity index (χ3n) is 3.04. The van der Waals surface area contributed by atoms with Crippen LogP contribution in [-0.4, -0.2) is 7.11 Å². The molecule has 106 valence electrons. The Balaban J connectivity index is 2.49. The van der Waals surface area contributed by atoms with Crippen LogP contribution in [0, 0.1) is 18.6 Å². The molecule has 1 nitrogen and oxygen atoms in total. The van der Waals surface area contributed by atoms with E-state index in [2.05, 4.69) is 31.9 Å². The molecule has 1 unspecified atom stereocenters. The van der Waals surface area contributed by atoms with E-state index in [9.17, 15) is 8.78 Å². The molecule has 0 aliphatic rings. The fraction of sp³-hybridized carbons (Fsp3) is 0.200. The molecule has 1 atom stereocenters. The summed E-state index contributed by atoms with van der Waals surface area (Å²) in [6.07, 6.45) is 0. The Morgan fingerprint density at radius 3 is 2.45 bits per heavy atom. The van der Waals surface area contributed by atoms with Gasteiger partial charge in [-0.05, 0) is 52.2 Å². The fourth-order valence-electron chi connectivity index (χ4n) is 1.92. The largest absolute Gasteiger partial charge is 0.496 e. The van der Waals surface area contributed by atoms with Crippen LogP contribution in [0.15, 0.2) is 34.8 Å². The quantitative estimate of drug-likeness (QED) is 0.610. The summed E-state index contributed by atoms with van der Waals surface area (Å²) in [5.74, 6) is -0.431. The Morgan fingerprint density at radius 2 is 1.85 bits per heavy atom. The number of aryl methyl sites for hydroxylation is 1. The number of hydrogen-bond acceptors (Lipinski definition) is 1. The molecule has 0 aromatic heterocycles. The first-order chi connectivity index (χ1) is 9.45. The van der Waals surface area contributed by atoms with Gasteiger partial charge in [0.15, 0.2) is 0 Å². The van der Waals surface area contributed by atoms with E-state index >= 15 is 0 Å². The van der Waals surface area contributed by atoms with Gasteiger partial charge in [0.1, 0.15) is 17.4 Å². The molecule has 0 bridgehead atoms. The number of methoxy groups -OCH3 is 1. The Bertz CT molecular complexity index is 644. The standard InChI is InChI=1S/C15H12Br2F2O/c1-8-3-5-11(18)13(15(8)19)14(17)9-4-6-12(20-2)10(16)7-9/h3-7,14H,1-2H3. The van der Waals surface area contributed by atoms with E-state index in [4.69, 9.17) is 4.74 Å². The van der Waals surface area contributed by atoms with Crippen molar-refractivity contribution in [1.29, 1.82) is 0 Å². The molecule has 2 aromatic rings. The minimum atomic E-state index is -0.568. The van der Waals surface area contributed by atoms with Gasteiger partial charge in [-0.1, -0.05) is 28.1 Å². The molecular weight excluding hydrogens is 394 g/mol. The smallest absolute Gasteiger partial charge is 0.133 e. The molecule has 0 spiro atoms. The molecule has 5 heteroatoms. The summed E-state index contributed by atoms with van der Waals surface area (Å²) in [5.41, 5.74) is 1.17. The lowest BCUT2D eigenvalue weighted by Gasteiger charge is -2.15. The predicted octanol–water partition coefficient (Wildman–Crippen LogP) is 5.53. The van der Waals surface area contributed by atoms with Crippen LogP contribution in [0.4, 0.5) is 8.78 Å². The van der Waals surface area contributed by atoms with Crippen molar-refractivity contribution in [1.82, 2.24) is 0 Å². The summed E-state index contributed by atoms with van der Waals surface area (Å²) in [6.45, 7) is 1.61. The summed E-state index contributed by atoms with van der Waals surface area (Å²) in [5, 5.41) is 0. The van der Waals surface area contributed by atoms with E-state index in [0.717, 1.165) is 10.0 Å². The highest BCUT2D eigenvalue weighted by Crippen LogP contribution is 2.38. The molecule has 0 saturated carbocycles. The Labute approximate surface area is 133 Å². The Kier molecular flexibility index (Phi) is 4.81. The van der Waals surface area contributed by atoms with Gasteiger partial charge >= 0.3 is 0 Å². The molecule has 2 rings (SSSR count). The minimum absolute atomic E-state index is 0.0158. The summed E-state index contributed by atoms with van der Waals surface area (Å²) in [7, 11) is 1.56. The molecule has 0 fully saturated rings. The maximum Gasteiger partial charge on any atom is 0.133 e. The van der Waals surface area contributed by atoms with Gasteiger partial charge in [0.2, 0.25) is 0 Å². The average molecular weight is 406 g/mol. The average Bonchev–Trinajstić information content (AvgIpc) is 2.43. The summed E-state index contributed by atoms with van der Waals surface area (Å²) < 4.78 is 33.9.